The summed E-state index contributed by atoms with van der Waals surface area (Å²) in [6, 6.07) is 18.8. The van der Waals surface area contributed by atoms with Crippen LogP contribution in [-0.4, -0.2) is 175 Å². The Morgan fingerprint density at radius 1 is 0.488 bits per heavy atom. The SMILES string of the molecule is CC1(C)CN=C(c2ccc(Nc3cc(CC(=O)C4CC4)nc4c3N=C(C(F)F)C4)c(S(C)(=O)=O)c2)O1.CC1(C)CN=C(c2ccc(Nc3cc(CC(=O)C4CC4)nc4c3nc(C(F)F)n4C3CCCCO3)c(S(C)(=O)=O)c2)O1.CC1(C)CN=C(c2ccc(Nc3cc(Cl)nc4c3nc(C(F)F)n4C3CCCCO3)c(S(C)(=O)=O)c2)O1.NC(=O)C1CC1. The number of primary amides is 1. The maximum atomic E-state index is 14.3. The van der Waals surface area contributed by atoms with E-state index in [1.807, 2.05) is 41.5 Å². The van der Waals surface area contributed by atoms with E-state index in [4.69, 9.17) is 41.0 Å². The van der Waals surface area contributed by atoms with Crippen LogP contribution in [0.15, 0.2) is 107 Å². The molecule has 3 aromatic carbocycles. The van der Waals surface area contributed by atoms with Crippen molar-refractivity contribution in [2.45, 2.75) is 201 Å². The first kappa shape index (κ1) is 87.3. The summed E-state index contributed by atoms with van der Waals surface area (Å²) in [6.45, 7) is 13.5. The fourth-order valence-electron chi connectivity index (χ4n) is 14.4. The number of carbonyl (C=O) groups is 3. The molecule has 121 heavy (non-hydrogen) atoms. The molecule has 6 aliphatic heterocycles. The molecule has 0 radical (unpaired) electrons. The van der Waals surface area contributed by atoms with Gasteiger partial charge in [0.1, 0.15) is 62.7 Å². The summed E-state index contributed by atoms with van der Waals surface area (Å²) >= 11 is 6.29. The van der Waals surface area contributed by atoms with Crippen LogP contribution in [0.25, 0.3) is 22.3 Å². The van der Waals surface area contributed by atoms with Crippen LogP contribution in [0.1, 0.15) is 189 Å². The van der Waals surface area contributed by atoms with Gasteiger partial charge < -0.3 is 45.4 Å². The quantitative estimate of drug-likeness (QED) is 0.0322. The number of ether oxygens (including phenoxy) is 5. The van der Waals surface area contributed by atoms with Crippen molar-refractivity contribution in [3.05, 3.63) is 123 Å². The zero-order chi connectivity index (χ0) is 86.7. The van der Waals surface area contributed by atoms with E-state index in [1.165, 1.54) is 33.4 Å². The molecule has 17 rings (SSSR count). The summed E-state index contributed by atoms with van der Waals surface area (Å²) in [5.41, 5.74) is 8.03. The number of sulfone groups is 3. The molecule has 3 aliphatic carbocycles. The topological polar surface area (TPSA) is 386 Å². The number of nitrogens with zero attached hydrogens (tertiary/aromatic N) is 11. The molecule has 5 aromatic heterocycles. The van der Waals surface area contributed by atoms with Gasteiger partial charge in [0.05, 0.1) is 91.2 Å². The molecule has 2 saturated heterocycles. The lowest BCUT2D eigenvalue weighted by Crippen LogP contribution is -2.24. The average Bonchev–Trinajstić information content (AvgIpc) is 1.62. The molecule has 1 amide bonds. The number of ketones is 2. The van der Waals surface area contributed by atoms with Crippen LogP contribution in [-0.2, 0) is 86.8 Å². The van der Waals surface area contributed by atoms with Gasteiger partial charge in [-0.3, -0.25) is 28.5 Å². The predicted octanol–water partition coefficient (Wildman–Crippen LogP) is 14.8. The van der Waals surface area contributed by atoms with Gasteiger partial charge in [0, 0.05) is 91.8 Å². The molecule has 9 aliphatic rings. The maximum absolute atomic E-state index is 14.3. The van der Waals surface area contributed by atoms with Crippen LogP contribution in [0.3, 0.4) is 0 Å². The summed E-state index contributed by atoms with van der Waals surface area (Å²) in [7, 11) is -11.2. The number of rotatable bonds is 24. The van der Waals surface area contributed by atoms with E-state index < -0.39 is 89.7 Å². The normalized spacial score (nSPS) is 19.7. The predicted molar refractivity (Wildman–Crippen MR) is 442 cm³/mol. The Kier molecular flexibility index (Phi) is 24.8. The van der Waals surface area contributed by atoms with Gasteiger partial charge in [0.2, 0.25) is 23.6 Å². The van der Waals surface area contributed by atoms with E-state index in [0.717, 1.165) is 83.0 Å². The van der Waals surface area contributed by atoms with E-state index in [9.17, 15) is 66.0 Å². The summed E-state index contributed by atoms with van der Waals surface area (Å²) in [6.07, 6.45) is 3.11. The Balaban J connectivity index is 0.000000143. The van der Waals surface area contributed by atoms with Crippen molar-refractivity contribution in [3.63, 3.8) is 0 Å². The van der Waals surface area contributed by atoms with Gasteiger partial charge in [0.25, 0.3) is 19.3 Å². The number of aromatic nitrogens is 7. The van der Waals surface area contributed by atoms with Gasteiger partial charge >= 0.3 is 0 Å². The second-order valence-corrected chi connectivity index (χ2v) is 39.6. The number of nitrogens with two attached hydrogens (primary N) is 1. The van der Waals surface area contributed by atoms with Crippen LogP contribution < -0.4 is 21.7 Å². The number of aliphatic imine (C=N–C) groups is 4. The number of nitrogens with one attached hydrogen (secondary N) is 3. The third kappa shape index (κ3) is 20.7. The number of alkyl halides is 6. The standard InChI is InChI=1S/C29H33F2N5O5S.C25H26F2N4O4S.C24H26ClF2N5O4S.C4H7NO/c1-29(2)15-32-28(41-29)17-9-10-19(22(12-17)42(3,38)39)34-20-13-18(14-21(37)16-7-8-16)33-26-24(20)35-27(25(30)31)36(26)23-6-4-5-11-40-23;1-25(2)12-28-24(35-25)14-6-7-16(21(8-14)36(3,33)34)30-17-9-15(10-20(32)13-4-5-13)29-18-11-19(23(26)27)31-22(17)18;1-24(2)12-28-23(36-24)13-7-8-14(16(10-13)37(3,33)34)29-15-11-17(25)30-21-19(15)31-22(20(26)27)32(21)18-6-4-5-9-35-18;5-4(6)3-1-2-3/h9-10,12-13,16,23,25H,4-8,11,14-15H2,1-3H3,(H,33,34);6-9,13,23H,4-5,10-12H2,1-3H3,(H,29,30);7-8,10-11,18,20H,4-6,9,12H2,1-3H3,(H,29,30);3H,1-2H2,(H2,5,6). The summed E-state index contributed by atoms with van der Waals surface area (Å²) in [5, 5.41) is 9.26. The van der Waals surface area contributed by atoms with E-state index in [2.05, 4.69) is 60.8 Å². The second-order valence-electron chi connectivity index (χ2n) is 33.2. The number of anilines is 6. The van der Waals surface area contributed by atoms with E-state index in [-0.39, 0.29) is 136 Å². The number of Topliss-reactive ketones (excluding diaryl/α,β-unsaturated/α-hetero) is 2. The highest BCUT2D eigenvalue weighted by atomic mass is 35.5. The molecule has 8 aromatic rings. The number of fused-ring (bicyclic) bond motifs is 3. The molecule has 3 saturated carbocycles. The molecule has 39 heteroatoms. The van der Waals surface area contributed by atoms with Crippen LogP contribution in [0.2, 0.25) is 5.15 Å². The smallest absolute Gasteiger partial charge is 0.295 e. The van der Waals surface area contributed by atoms with Gasteiger partial charge in [-0.1, -0.05) is 11.6 Å². The summed E-state index contributed by atoms with van der Waals surface area (Å²) < 4.78 is 192. The third-order valence-corrected chi connectivity index (χ3v) is 24.6. The fraction of sp³-hybridized carbons (Fsp3) is 0.488. The molecule has 11 heterocycles. The van der Waals surface area contributed by atoms with Crippen molar-refractivity contribution in [2.75, 3.05) is 67.6 Å². The Labute approximate surface area is 699 Å². The van der Waals surface area contributed by atoms with Gasteiger partial charge in [-0.25, -0.2) is 91.5 Å². The van der Waals surface area contributed by atoms with Crippen LogP contribution in [0.4, 0.5) is 66.2 Å². The van der Waals surface area contributed by atoms with Gasteiger partial charge in [0.15, 0.2) is 52.5 Å². The lowest BCUT2D eigenvalue weighted by molar-refractivity contribution is -0.120. The van der Waals surface area contributed by atoms with Crippen molar-refractivity contribution in [1.29, 1.82) is 0 Å². The number of halogens is 7. The van der Waals surface area contributed by atoms with Crippen LogP contribution >= 0.6 is 11.6 Å². The largest absolute Gasteiger partial charge is 0.469 e. The fourth-order valence-corrected chi connectivity index (χ4v) is 17.2. The molecule has 29 nitrogen and oxygen atoms in total. The van der Waals surface area contributed by atoms with Crippen molar-refractivity contribution < 1.29 is 89.7 Å². The Hall–Kier alpha value is -10.0. The Morgan fingerprint density at radius 3 is 1.21 bits per heavy atom. The van der Waals surface area contributed by atoms with E-state index >= 15 is 0 Å². The monoisotopic (exact) mass is 1760 g/mol. The number of hydrogen-bond acceptors (Lipinski definition) is 26. The molecule has 2 atom stereocenters. The highest BCUT2D eigenvalue weighted by molar-refractivity contribution is 7.91. The minimum absolute atomic E-state index is 0.00626. The first-order valence-corrected chi connectivity index (χ1v) is 45.7. The number of hydrogen-bond donors (Lipinski definition) is 4. The molecular formula is C82H92ClF6N15O14S3. The molecule has 5 N–H and O–H groups in total. The first-order chi connectivity index (χ1) is 57.0. The highest BCUT2D eigenvalue weighted by Crippen LogP contribution is 2.44. The molecule has 0 bridgehead atoms. The van der Waals surface area contributed by atoms with Crippen molar-refractivity contribution >= 4 is 144 Å². The molecule has 646 valence electrons. The third-order valence-electron chi connectivity index (χ3n) is 21.0. The lowest BCUT2D eigenvalue weighted by atomic mass is 10.1. The minimum Gasteiger partial charge on any atom is -0.469 e. The van der Waals surface area contributed by atoms with Crippen molar-refractivity contribution in [2.24, 2.45) is 43.5 Å². The number of amides is 1. The van der Waals surface area contributed by atoms with Crippen molar-refractivity contribution in [1.82, 2.24) is 34.1 Å². The average molecular weight is 1760 g/mol. The Bertz CT molecular complexity index is 5940. The second kappa shape index (κ2) is 34.4. The van der Waals surface area contributed by atoms with Crippen molar-refractivity contribution in [3.8, 4) is 0 Å². The lowest BCUT2D eigenvalue weighted by Gasteiger charge is -2.25. The van der Waals surface area contributed by atoms with Gasteiger partial charge in [-0.2, -0.15) is 0 Å². The minimum atomic E-state index is -3.76. The summed E-state index contributed by atoms with van der Waals surface area (Å²) in [4.78, 5) is 74.1. The van der Waals surface area contributed by atoms with E-state index in [0.29, 0.717) is 103 Å². The Morgan fingerprint density at radius 2 is 0.868 bits per heavy atom. The highest BCUT2D eigenvalue weighted by Gasteiger charge is 2.39. The number of benzene rings is 3. The maximum Gasteiger partial charge on any atom is 0.295 e. The molecule has 2 unspecified atom stereocenters. The number of pyridine rings is 3. The molecule has 5 fully saturated rings. The number of carbonyl (C=O) groups excluding carboxylic acids is 3. The summed E-state index contributed by atoms with van der Waals surface area (Å²) in [5.74, 6) is 0.282. The zero-order valence-electron chi connectivity index (χ0n) is 67.8. The van der Waals surface area contributed by atoms with Gasteiger partial charge in [-0.15, -0.1) is 0 Å². The first-order valence-electron chi connectivity index (χ1n) is 39.6. The van der Waals surface area contributed by atoms with Crippen LogP contribution in [0, 0.1) is 17.8 Å². The van der Waals surface area contributed by atoms with Gasteiger partial charge in [-0.05, 0) is 185 Å². The molecular weight excluding hydrogens is 1660 g/mol. The van der Waals surface area contributed by atoms with Crippen LogP contribution in [0.5, 0.6) is 0 Å². The zero-order valence-corrected chi connectivity index (χ0v) is 71.0. The number of imidazole rings is 2. The van der Waals surface area contributed by atoms with E-state index in [1.54, 1.807) is 48.5 Å². The molecule has 0 spiro atoms.